The number of carbonyl (C=O) groups is 3. The van der Waals surface area contributed by atoms with Crippen LogP contribution in [0.4, 0.5) is 10.1 Å². The summed E-state index contributed by atoms with van der Waals surface area (Å²) in [4.78, 5) is 36.2. The number of rotatable bonds is 5. The van der Waals surface area contributed by atoms with E-state index in [0.717, 1.165) is 12.1 Å². The summed E-state index contributed by atoms with van der Waals surface area (Å²) in [5, 5.41) is 6.53. The Morgan fingerprint density at radius 3 is 2.34 bits per heavy atom. The van der Waals surface area contributed by atoms with Crippen molar-refractivity contribution in [1.82, 2.24) is 5.43 Å². The zero-order valence-electron chi connectivity index (χ0n) is 16.1. The van der Waals surface area contributed by atoms with Crippen molar-refractivity contribution >= 4 is 57.2 Å². The van der Waals surface area contributed by atoms with Crippen LogP contribution in [0.1, 0.15) is 15.9 Å². The molecule has 2 N–H and O–H groups in total. The normalized spacial score (nSPS) is 10.6. The molecule has 0 heterocycles. The molecule has 0 aliphatic heterocycles. The van der Waals surface area contributed by atoms with Crippen LogP contribution in [0.5, 0.6) is 5.75 Å². The lowest BCUT2D eigenvalue weighted by Gasteiger charge is -2.08. The van der Waals surface area contributed by atoms with Crippen LogP contribution < -0.4 is 15.5 Å². The zero-order chi connectivity index (χ0) is 23.1. The number of hydrogen-bond acceptors (Lipinski definition) is 5. The van der Waals surface area contributed by atoms with Gasteiger partial charge in [0.15, 0.2) is 0 Å². The van der Waals surface area contributed by atoms with Gasteiger partial charge in [-0.15, -0.1) is 0 Å². The quantitative estimate of drug-likeness (QED) is 0.170. The Hall–Kier alpha value is -3.56. The fraction of sp³-hybridized carbons (Fsp3) is 0. The van der Waals surface area contributed by atoms with E-state index in [1.165, 1.54) is 30.5 Å². The maximum absolute atomic E-state index is 12.9. The van der Waals surface area contributed by atoms with Gasteiger partial charge in [0.2, 0.25) is 0 Å². The Labute approximate surface area is 195 Å². The van der Waals surface area contributed by atoms with E-state index in [1.54, 1.807) is 30.3 Å². The number of anilines is 1. The van der Waals surface area contributed by atoms with Crippen LogP contribution in [-0.2, 0) is 9.59 Å². The average Bonchev–Trinajstić information content (AvgIpc) is 2.77. The second-order valence-electron chi connectivity index (χ2n) is 6.24. The van der Waals surface area contributed by atoms with E-state index in [2.05, 4.69) is 31.8 Å². The highest BCUT2D eigenvalue weighted by Gasteiger charge is 2.14. The van der Waals surface area contributed by atoms with Crippen molar-refractivity contribution < 1.29 is 23.5 Å². The maximum atomic E-state index is 12.9. The van der Waals surface area contributed by atoms with Crippen LogP contribution in [-0.4, -0.2) is 24.0 Å². The van der Waals surface area contributed by atoms with Gasteiger partial charge in [-0.1, -0.05) is 27.5 Å². The molecule has 32 heavy (non-hydrogen) atoms. The first kappa shape index (κ1) is 23.1. The minimum Gasteiger partial charge on any atom is -0.422 e. The van der Waals surface area contributed by atoms with Crippen molar-refractivity contribution in [3.63, 3.8) is 0 Å². The average molecular weight is 519 g/mol. The summed E-state index contributed by atoms with van der Waals surface area (Å²) in [6.07, 6.45) is 1.22. The molecule has 7 nitrogen and oxygen atoms in total. The maximum Gasteiger partial charge on any atom is 0.343 e. The number of nitrogens with zero attached hydrogens (tertiary/aromatic N) is 1. The first-order valence-corrected chi connectivity index (χ1v) is 10.2. The molecule has 0 atom stereocenters. The van der Waals surface area contributed by atoms with Gasteiger partial charge >= 0.3 is 17.8 Å². The van der Waals surface area contributed by atoms with Crippen molar-refractivity contribution in [3.05, 3.63) is 93.2 Å². The molecule has 0 bridgehead atoms. The Kier molecular flexibility index (Phi) is 7.69. The third-order valence-electron chi connectivity index (χ3n) is 3.93. The molecule has 3 aromatic rings. The van der Waals surface area contributed by atoms with Gasteiger partial charge in [0.25, 0.3) is 0 Å². The second kappa shape index (κ2) is 10.7. The minimum atomic E-state index is -1.04. The highest BCUT2D eigenvalue weighted by atomic mass is 79.9. The first-order valence-electron chi connectivity index (χ1n) is 8.99. The third kappa shape index (κ3) is 6.47. The molecule has 3 rings (SSSR count). The second-order valence-corrected chi connectivity index (χ2v) is 7.59. The topological polar surface area (TPSA) is 96.9 Å². The molecule has 2 amide bonds. The van der Waals surface area contributed by atoms with E-state index in [1.807, 2.05) is 0 Å². The molecule has 0 spiro atoms. The van der Waals surface area contributed by atoms with Gasteiger partial charge in [-0.3, -0.25) is 9.59 Å². The monoisotopic (exact) mass is 517 g/mol. The summed E-state index contributed by atoms with van der Waals surface area (Å²) in [6, 6.07) is 15.9. The summed E-state index contributed by atoms with van der Waals surface area (Å²) in [5.74, 6) is -2.93. The highest BCUT2D eigenvalue weighted by Crippen LogP contribution is 2.23. The molecular formula is C22H14BrClFN3O4. The van der Waals surface area contributed by atoms with Gasteiger partial charge in [-0.2, -0.15) is 5.10 Å². The van der Waals surface area contributed by atoms with E-state index < -0.39 is 23.6 Å². The number of esters is 1. The summed E-state index contributed by atoms with van der Waals surface area (Å²) in [5.41, 5.74) is 2.98. The van der Waals surface area contributed by atoms with Gasteiger partial charge in [0.05, 0.1) is 11.8 Å². The summed E-state index contributed by atoms with van der Waals surface area (Å²) in [6.45, 7) is 0. The van der Waals surface area contributed by atoms with Gasteiger partial charge in [-0.25, -0.2) is 14.6 Å². The lowest BCUT2D eigenvalue weighted by Crippen LogP contribution is -2.32. The number of amides is 2. The molecule has 0 aromatic heterocycles. The van der Waals surface area contributed by atoms with Crippen LogP contribution in [0.25, 0.3) is 0 Å². The van der Waals surface area contributed by atoms with Gasteiger partial charge in [0, 0.05) is 20.7 Å². The van der Waals surface area contributed by atoms with Crippen molar-refractivity contribution in [3.8, 4) is 5.75 Å². The first-order chi connectivity index (χ1) is 15.3. The highest BCUT2D eigenvalue weighted by molar-refractivity contribution is 9.10. The van der Waals surface area contributed by atoms with E-state index in [4.69, 9.17) is 16.3 Å². The Morgan fingerprint density at radius 1 is 0.969 bits per heavy atom. The summed E-state index contributed by atoms with van der Waals surface area (Å²) in [7, 11) is 0. The molecule has 0 saturated carbocycles. The SMILES string of the molecule is O=C(N/N=C\c1cc(Br)ccc1OC(=O)c1ccc(Cl)cc1)C(=O)Nc1ccc(F)cc1. The summed E-state index contributed by atoms with van der Waals surface area (Å²) >= 11 is 9.13. The predicted octanol–water partition coefficient (Wildman–Crippen LogP) is 4.55. The van der Waals surface area contributed by atoms with Crippen molar-refractivity contribution in [1.29, 1.82) is 0 Å². The number of nitrogens with one attached hydrogen (secondary N) is 2. The number of hydrogen-bond donors (Lipinski definition) is 2. The van der Waals surface area contributed by atoms with Gasteiger partial charge < -0.3 is 10.1 Å². The molecule has 162 valence electrons. The fourth-order valence-electron chi connectivity index (χ4n) is 2.39. The lowest BCUT2D eigenvalue weighted by atomic mass is 10.2. The van der Waals surface area contributed by atoms with Crippen LogP contribution in [0, 0.1) is 5.82 Å². The van der Waals surface area contributed by atoms with E-state index in [-0.39, 0.29) is 11.4 Å². The number of halogens is 3. The Morgan fingerprint density at radius 2 is 1.66 bits per heavy atom. The standard InChI is InChI=1S/C22H14BrClFN3O4/c23-15-3-10-19(32-22(31)13-1-4-16(24)5-2-13)14(11-15)12-26-28-21(30)20(29)27-18-8-6-17(25)7-9-18/h1-12H,(H,27,29)(H,28,30)/b26-12-. The molecule has 0 radical (unpaired) electrons. The van der Waals surface area contributed by atoms with Crippen molar-refractivity contribution in [2.24, 2.45) is 5.10 Å². The molecule has 0 saturated heterocycles. The molecule has 0 unspecified atom stereocenters. The van der Waals surface area contributed by atoms with E-state index >= 15 is 0 Å². The molecule has 0 aliphatic carbocycles. The lowest BCUT2D eigenvalue weighted by molar-refractivity contribution is -0.136. The Bertz CT molecular complexity index is 1180. The van der Waals surface area contributed by atoms with Crippen LogP contribution >= 0.6 is 27.5 Å². The molecule has 0 fully saturated rings. The molecule has 0 aliphatic rings. The number of ether oxygens (including phenoxy) is 1. The van der Waals surface area contributed by atoms with E-state index in [0.29, 0.717) is 20.6 Å². The van der Waals surface area contributed by atoms with Gasteiger partial charge in [0.1, 0.15) is 11.6 Å². The third-order valence-corrected chi connectivity index (χ3v) is 4.68. The predicted molar refractivity (Wildman–Crippen MR) is 121 cm³/mol. The van der Waals surface area contributed by atoms with Crippen LogP contribution in [0.2, 0.25) is 5.02 Å². The molecule has 3 aromatic carbocycles. The van der Waals surface area contributed by atoms with Gasteiger partial charge in [-0.05, 0) is 66.7 Å². The fourth-order valence-corrected chi connectivity index (χ4v) is 2.89. The number of benzene rings is 3. The van der Waals surface area contributed by atoms with E-state index in [9.17, 15) is 18.8 Å². The van der Waals surface area contributed by atoms with Crippen molar-refractivity contribution in [2.45, 2.75) is 0 Å². The minimum absolute atomic E-state index is 0.182. The van der Waals surface area contributed by atoms with Crippen LogP contribution in [0.3, 0.4) is 0 Å². The van der Waals surface area contributed by atoms with Crippen molar-refractivity contribution in [2.75, 3.05) is 5.32 Å². The summed E-state index contributed by atoms with van der Waals surface area (Å²) < 4.78 is 19.0. The molecule has 10 heteroatoms. The Balaban J connectivity index is 1.65. The zero-order valence-corrected chi connectivity index (χ0v) is 18.5. The smallest absolute Gasteiger partial charge is 0.343 e. The van der Waals surface area contributed by atoms with Crippen LogP contribution in [0.15, 0.2) is 76.3 Å². The number of hydrazone groups is 1. The molecular weight excluding hydrogens is 505 g/mol. The largest absolute Gasteiger partial charge is 0.422 e. The number of carbonyl (C=O) groups excluding carboxylic acids is 3.